The minimum absolute atomic E-state index is 0.00637. The zero-order valence-electron chi connectivity index (χ0n) is 9.82. The maximum Gasteiger partial charge on any atom is 0.261 e. The minimum Gasteiger partial charge on any atom is -0.351 e. The molecule has 19 heavy (non-hydrogen) atoms. The first-order valence-electron chi connectivity index (χ1n) is 5.50. The molecule has 2 aromatic rings. The molecule has 0 aliphatic rings. The van der Waals surface area contributed by atoms with Crippen molar-refractivity contribution in [2.24, 2.45) is 0 Å². The minimum atomic E-state index is -0.00637. The van der Waals surface area contributed by atoms with Gasteiger partial charge in [-0.1, -0.05) is 6.07 Å². The Morgan fingerprint density at radius 2 is 2.26 bits per heavy atom. The van der Waals surface area contributed by atoms with Gasteiger partial charge in [0.25, 0.3) is 5.91 Å². The molecule has 2 aromatic heterocycles. The van der Waals surface area contributed by atoms with Crippen molar-refractivity contribution in [2.75, 3.05) is 12.3 Å². The lowest BCUT2D eigenvalue weighted by Crippen LogP contribution is -2.24. The SMILES string of the molecule is O=C(NCCSCc1cccs1)c1cc(Br)c(Br)s1. The summed E-state index contributed by atoms with van der Waals surface area (Å²) in [5.41, 5.74) is 0. The number of thioether (sulfide) groups is 1. The molecule has 0 aliphatic carbocycles. The number of carbonyl (C=O) groups is 1. The Hall–Kier alpha value is 0.180. The lowest BCUT2D eigenvalue weighted by atomic mass is 10.4. The smallest absolute Gasteiger partial charge is 0.261 e. The van der Waals surface area contributed by atoms with Crippen molar-refractivity contribution >= 4 is 72.2 Å². The molecule has 7 heteroatoms. The highest BCUT2D eigenvalue weighted by molar-refractivity contribution is 9.13. The Kier molecular flexibility index (Phi) is 6.41. The first-order valence-corrected chi connectivity index (χ1v) is 9.93. The van der Waals surface area contributed by atoms with Crippen LogP contribution in [0.5, 0.6) is 0 Å². The van der Waals surface area contributed by atoms with E-state index in [1.807, 2.05) is 17.8 Å². The third kappa shape index (κ3) is 4.90. The van der Waals surface area contributed by atoms with Gasteiger partial charge in [0.1, 0.15) is 0 Å². The van der Waals surface area contributed by atoms with Crippen LogP contribution in [0.3, 0.4) is 0 Å². The number of amides is 1. The van der Waals surface area contributed by atoms with Crippen molar-refractivity contribution in [1.82, 2.24) is 5.32 Å². The third-order valence-electron chi connectivity index (χ3n) is 2.23. The van der Waals surface area contributed by atoms with Crippen molar-refractivity contribution in [3.05, 3.63) is 41.6 Å². The van der Waals surface area contributed by atoms with Gasteiger partial charge in [0.15, 0.2) is 0 Å². The summed E-state index contributed by atoms with van der Waals surface area (Å²) in [6.45, 7) is 0.696. The fourth-order valence-corrected chi connectivity index (χ4v) is 5.00. The standard InChI is InChI=1S/C12H11Br2NOS3/c13-9-6-10(19-11(9)14)12(16)15-3-5-17-7-8-2-1-4-18-8/h1-2,4,6H,3,5,7H2,(H,15,16). The normalized spacial score (nSPS) is 10.6. The Morgan fingerprint density at radius 1 is 1.42 bits per heavy atom. The fraction of sp³-hybridized carbons (Fsp3) is 0.250. The largest absolute Gasteiger partial charge is 0.351 e. The average Bonchev–Trinajstić information content (AvgIpc) is 3.00. The number of halogens is 2. The van der Waals surface area contributed by atoms with Gasteiger partial charge in [-0.2, -0.15) is 11.8 Å². The average molecular weight is 441 g/mol. The molecule has 0 radical (unpaired) electrons. The summed E-state index contributed by atoms with van der Waals surface area (Å²) >= 11 is 11.8. The van der Waals surface area contributed by atoms with Crippen LogP contribution in [0, 0.1) is 0 Å². The van der Waals surface area contributed by atoms with E-state index in [-0.39, 0.29) is 5.91 Å². The van der Waals surface area contributed by atoms with E-state index in [4.69, 9.17) is 0 Å². The number of hydrogen-bond donors (Lipinski definition) is 1. The molecular weight excluding hydrogens is 430 g/mol. The second-order valence-electron chi connectivity index (χ2n) is 3.62. The number of rotatable bonds is 6. The molecule has 0 unspecified atom stereocenters. The van der Waals surface area contributed by atoms with Gasteiger partial charge < -0.3 is 5.32 Å². The Labute approximate surface area is 141 Å². The van der Waals surface area contributed by atoms with E-state index in [1.165, 1.54) is 16.2 Å². The zero-order valence-corrected chi connectivity index (χ0v) is 15.4. The molecule has 0 spiro atoms. The molecule has 1 N–H and O–H groups in total. The van der Waals surface area contributed by atoms with E-state index in [0.717, 1.165) is 24.6 Å². The van der Waals surface area contributed by atoms with E-state index in [0.29, 0.717) is 6.54 Å². The highest BCUT2D eigenvalue weighted by atomic mass is 79.9. The summed E-state index contributed by atoms with van der Waals surface area (Å²) < 4.78 is 1.87. The topological polar surface area (TPSA) is 29.1 Å². The first kappa shape index (κ1) is 15.6. The summed E-state index contributed by atoms with van der Waals surface area (Å²) in [6.07, 6.45) is 0. The van der Waals surface area contributed by atoms with Gasteiger partial charge in [-0.25, -0.2) is 0 Å². The molecule has 0 aromatic carbocycles. The van der Waals surface area contributed by atoms with E-state index in [1.54, 1.807) is 11.3 Å². The summed E-state index contributed by atoms with van der Waals surface area (Å²) in [5, 5.41) is 5.02. The molecule has 0 saturated carbocycles. The van der Waals surface area contributed by atoms with E-state index >= 15 is 0 Å². The highest BCUT2D eigenvalue weighted by Gasteiger charge is 2.11. The summed E-state index contributed by atoms with van der Waals surface area (Å²) in [6, 6.07) is 6.04. The van der Waals surface area contributed by atoms with Gasteiger partial charge >= 0.3 is 0 Å². The summed E-state index contributed by atoms with van der Waals surface area (Å²) in [4.78, 5) is 14.0. The summed E-state index contributed by atoms with van der Waals surface area (Å²) in [5.74, 6) is 1.94. The lowest BCUT2D eigenvalue weighted by molar-refractivity contribution is 0.0960. The van der Waals surface area contributed by atoms with Gasteiger partial charge in [0, 0.05) is 27.4 Å². The maximum absolute atomic E-state index is 11.9. The molecule has 2 rings (SSSR count). The van der Waals surface area contributed by atoms with E-state index in [9.17, 15) is 4.79 Å². The van der Waals surface area contributed by atoms with Gasteiger partial charge in [-0.3, -0.25) is 4.79 Å². The maximum atomic E-state index is 11.9. The van der Waals surface area contributed by atoms with Crippen molar-refractivity contribution < 1.29 is 4.79 Å². The van der Waals surface area contributed by atoms with Crippen LogP contribution in [-0.4, -0.2) is 18.2 Å². The first-order chi connectivity index (χ1) is 9.16. The predicted molar refractivity (Wildman–Crippen MR) is 92.5 cm³/mol. The van der Waals surface area contributed by atoms with Crippen LogP contribution in [-0.2, 0) is 5.75 Å². The molecule has 1 amide bonds. The van der Waals surface area contributed by atoms with Gasteiger partial charge in [0.2, 0.25) is 0 Å². The Morgan fingerprint density at radius 3 is 2.89 bits per heavy atom. The predicted octanol–water partition coefficient (Wildman–Crippen LogP) is 5.00. The van der Waals surface area contributed by atoms with Crippen LogP contribution >= 0.6 is 66.3 Å². The van der Waals surface area contributed by atoms with E-state index in [2.05, 4.69) is 54.7 Å². The molecule has 2 heterocycles. The van der Waals surface area contributed by atoms with E-state index < -0.39 is 0 Å². The summed E-state index contributed by atoms with van der Waals surface area (Å²) in [7, 11) is 0. The van der Waals surface area contributed by atoms with Crippen molar-refractivity contribution in [3.63, 3.8) is 0 Å². The molecule has 0 fully saturated rings. The number of thiophene rings is 2. The van der Waals surface area contributed by atoms with Crippen LogP contribution in [0.4, 0.5) is 0 Å². The number of hydrogen-bond acceptors (Lipinski definition) is 4. The molecule has 0 aliphatic heterocycles. The molecule has 0 atom stereocenters. The van der Waals surface area contributed by atoms with Crippen LogP contribution in [0.15, 0.2) is 31.8 Å². The second-order valence-corrected chi connectivity index (χ2v) is 8.98. The van der Waals surface area contributed by atoms with Crippen LogP contribution in [0.1, 0.15) is 14.5 Å². The Bertz CT molecular complexity index is 520. The van der Waals surface area contributed by atoms with Crippen molar-refractivity contribution in [3.8, 4) is 0 Å². The number of nitrogens with one attached hydrogen (secondary N) is 1. The molecule has 0 bridgehead atoms. The zero-order chi connectivity index (χ0) is 13.7. The van der Waals surface area contributed by atoms with Crippen LogP contribution in [0.25, 0.3) is 0 Å². The molecular formula is C12H11Br2NOS3. The van der Waals surface area contributed by atoms with Crippen LogP contribution in [0.2, 0.25) is 0 Å². The lowest BCUT2D eigenvalue weighted by Gasteiger charge is -2.02. The van der Waals surface area contributed by atoms with Gasteiger partial charge in [0.05, 0.1) is 8.66 Å². The Balaban J connectivity index is 1.66. The molecule has 0 saturated heterocycles. The fourth-order valence-electron chi connectivity index (χ4n) is 1.35. The molecule has 102 valence electrons. The molecule has 2 nitrogen and oxygen atoms in total. The van der Waals surface area contributed by atoms with Crippen molar-refractivity contribution in [1.29, 1.82) is 0 Å². The third-order valence-corrected chi connectivity index (χ3v) is 7.55. The quantitative estimate of drug-likeness (QED) is 0.640. The van der Waals surface area contributed by atoms with Gasteiger partial charge in [-0.15, -0.1) is 22.7 Å². The van der Waals surface area contributed by atoms with Crippen LogP contribution < -0.4 is 5.32 Å². The van der Waals surface area contributed by atoms with Crippen molar-refractivity contribution in [2.45, 2.75) is 5.75 Å². The highest BCUT2D eigenvalue weighted by Crippen LogP contribution is 2.32. The monoisotopic (exact) mass is 439 g/mol. The second kappa shape index (κ2) is 7.83. The number of carbonyl (C=O) groups excluding carboxylic acids is 1. The van der Waals surface area contributed by atoms with Gasteiger partial charge in [-0.05, 0) is 49.4 Å².